The van der Waals surface area contributed by atoms with Crippen LogP contribution in [0.2, 0.25) is 0 Å². The lowest BCUT2D eigenvalue weighted by Crippen LogP contribution is -2.47. The Balaban J connectivity index is 1.65. The summed E-state index contributed by atoms with van der Waals surface area (Å²) in [6, 6.07) is 22.0. The first kappa shape index (κ1) is 25.6. The molecule has 9 heteroatoms. The Bertz CT molecular complexity index is 1290. The van der Waals surface area contributed by atoms with Crippen LogP contribution in [-0.4, -0.2) is 42.3 Å². The Morgan fingerprint density at radius 2 is 1.78 bits per heavy atom. The number of hydrogen-bond donors (Lipinski definition) is 4. The molecule has 0 aliphatic carbocycles. The summed E-state index contributed by atoms with van der Waals surface area (Å²) in [5.41, 5.74) is 9.00. The molecule has 0 aromatic heterocycles. The van der Waals surface area contributed by atoms with Crippen LogP contribution < -0.4 is 20.5 Å². The Morgan fingerprint density at radius 3 is 2.49 bits per heavy atom. The maximum Gasteiger partial charge on any atom is 0.355 e. The smallest absolute Gasteiger partial charge is 0.355 e. The van der Waals surface area contributed by atoms with Crippen molar-refractivity contribution in [3.05, 3.63) is 107 Å². The molecule has 0 bridgehead atoms. The Hall–Kier alpha value is -4.50. The van der Waals surface area contributed by atoms with Crippen LogP contribution in [-0.2, 0) is 22.7 Å². The van der Waals surface area contributed by atoms with E-state index in [4.69, 9.17) is 25.4 Å². The fourth-order valence-corrected chi connectivity index (χ4v) is 4.21. The Kier molecular flexibility index (Phi) is 7.95. The maximum atomic E-state index is 12.3. The average Bonchev–Trinajstić information content (AvgIpc) is 2.92. The summed E-state index contributed by atoms with van der Waals surface area (Å²) in [6.45, 7) is 0.716. The molecule has 2 unspecified atom stereocenters. The third-order valence-electron chi connectivity index (χ3n) is 6.03. The molecule has 4 rings (SSSR count). The van der Waals surface area contributed by atoms with E-state index in [1.807, 2.05) is 59.5 Å². The zero-order valence-electron chi connectivity index (χ0n) is 20.7. The third kappa shape index (κ3) is 6.02. The van der Waals surface area contributed by atoms with Gasteiger partial charge >= 0.3 is 5.97 Å². The van der Waals surface area contributed by atoms with Gasteiger partial charge in [0.05, 0.1) is 20.3 Å². The quantitative estimate of drug-likeness (QED) is 0.200. The number of nitrogen functional groups attached to an aromatic ring is 1. The van der Waals surface area contributed by atoms with Gasteiger partial charge in [0.25, 0.3) is 0 Å². The highest BCUT2D eigenvalue weighted by Crippen LogP contribution is 2.36. The van der Waals surface area contributed by atoms with E-state index >= 15 is 0 Å². The molecule has 0 saturated heterocycles. The van der Waals surface area contributed by atoms with Gasteiger partial charge in [0.2, 0.25) is 0 Å². The number of amidine groups is 1. The van der Waals surface area contributed by atoms with Crippen LogP contribution in [0, 0.1) is 5.41 Å². The molecule has 0 spiro atoms. The number of nitrogens with one attached hydrogen (secondary N) is 2. The largest absolute Gasteiger partial charge is 0.493 e. The van der Waals surface area contributed by atoms with E-state index in [2.05, 4.69) is 5.32 Å². The van der Waals surface area contributed by atoms with Crippen LogP contribution in [0.4, 0.5) is 0 Å². The van der Waals surface area contributed by atoms with E-state index in [0.29, 0.717) is 30.2 Å². The molecular formula is C28H30N4O5. The Morgan fingerprint density at radius 1 is 1.03 bits per heavy atom. The Labute approximate surface area is 215 Å². The van der Waals surface area contributed by atoms with E-state index in [1.165, 1.54) is 7.11 Å². The van der Waals surface area contributed by atoms with Gasteiger partial charge in [0, 0.05) is 18.3 Å². The number of nitrogens with zero attached hydrogens (tertiary/aromatic N) is 1. The molecule has 0 amide bonds. The number of aliphatic hydroxyl groups excluding tert-OH is 1. The molecule has 0 saturated carbocycles. The lowest BCUT2D eigenvalue weighted by Gasteiger charge is -2.39. The van der Waals surface area contributed by atoms with E-state index < -0.39 is 18.2 Å². The van der Waals surface area contributed by atoms with E-state index in [0.717, 1.165) is 16.7 Å². The number of rotatable bonds is 9. The standard InChI is InChI=1S/C28H30N4O5/c1-35-24-14-20(11-12-23(24)37-17-18-7-4-3-5-8-18)25-27(33)31-22(28(34)36-2)16-32(25)15-19-9-6-10-21(13-19)26(29)30/h3-14,16,25,27,31,33H,15,17H2,1-2H3,(H3,29,30). The van der Waals surface area contributed by atoms with Crippen molar-refractivity contribution in [2.24, 2.45) is 5.73 Å². The molecule has 0 radical (unpaired) electrons. The SMILES string of the molecule is COC(=O)C1=CN(Cc2cccc(C(=N)N)c2)C(c2ccc(OCc3ccccc3)c(OC)c2)C(O)N1. The summed E-state index contributed by atoms with van der Waals surface area (Å²) < 4.78 is 16.4. The van der Waals surface area contributed by atoms with Crippen molar-refractivity contribution in [1.29, 1.82) is 5.41 Å². The van der Waals surface area contributed by atoms with Crippen LogP contribution in [0.15, 0.2) is 84.7 Å². The number of benzene rings is 3. The third-order valence-corrected chi connectivity index (χ3v) is 6.03. The minimum atomic E-state index is -1.13. The van der Waals surface area contributed by atoms with Gasteiger partial charge in [0.1, 0.15) is 24.4 Å². The monoisotopic (exact) mass is 502 g/mol. The van der Waals surface area contributed by atoms with Crippen molar-refractivity contribution in [3.8, 4) is 11.5 Å². The highest BCUT2D eigenvalue weighted by molar-refractivity contribution is 5.95. The summed E-state index contributed by atoms with van der Waals surface area (Å²) in [5, 5.41) is 21.7. The van der Waals surface area contributed by atoms with Crippen molar-refractivity contribution < 1.29 is 24.1 Å². The number of aliphatic hydroxyl groups is 1. The predicted octanol–water partition coefficient (Wildman–Crippen LogP) is 3.04. The molecular weight excluding hydrogens is 472 g/mol. The molecule has 3 aromatic carbocycles. The van der Waals surface area contributed by atoms with Gasteiger partial charge in [-0.05, 0) is 34.9 Å². The molecule has 37 heavy (non-hydrogen) atoms. The first-order valence-corrected chi connectivity index (χ1v) is 11.7. The number of nitrogens with two attached hydrogens (primary N) is 1. The molecule has 5 N–H and O–H groups in total. The van der Waals surface area contributed by atoms with Crippen LogP contribution in [0.5, 0.6) is 11.5 Å². The molecule has 9 nitrogen and oxygen atoms in total. The highest BCUT2D eigenvalue weighted by Gasteiger charge is 2.34. The molecule has 1 aliphatic rings. The van der Waals surface area contributed by atoms with Gasteiger partial charge in [-0.15, -0.1) is 0 Å². The van der Waals surface area contributed by atoms with Gasteiger partial charge in [-0.1, -0.05) is 54.6 Å². The number of hydrogen-bond acceptors (Lipinski definition) is 8. The first-order chi connectivity index (χ1) is 17.9. The van der Waals surface area contributed by atoms with Crippen molar-refractivity contribution in [2.75, 3.05) is 14.2 Å². The summed E-state index contributed by atoms with van der Waals surface area (Å²) in [4.78, 5) is 14.1. The summed E-state index contributed by atoms with van der Waals surface area (Å²) in [7, 11) is 2.84. The zero-order chi connectivity index (χ0) is 26.4. The summed E-state index contributed by atoms with van der Waals surface area (Å²) in [5.74, 6) is 0.448. The highest BCUT2D eigenvalue weighted by atomic mass is 16.5. The maximum absolute atomic E-state index is 12.3. The predicted molar refractivity (Wildman–Crippen MR) is 139 cm³/mol. The molecule has 0 fully saturated rings. The van der Waals surface area contributed by atoms with E-state index in [-0.39, 0.29) is 11.5 Å². The van der Waals surface area contributed by atoms with Crippen LogP contribution in [0.25, 0.3) is 0 Å². The number of ether oxygens (including phenoxy) is 3. The van der Waals surface area contributed by atoms with Crippen LogP contribution in [0.1, 0.15) is 28.3 Å². The van der Waals surface area contributed by atoms with Gasteiger partial charge in [-0.2, -0.15) is 0 Å². The second-order valence-electron chi connectivity index (χ2n) is 8.54. The number of esters is 1. The van der Waals surface area contributed by atoms with Crippen molar-refractivity contribution in [1.82, 2.24) is 10.2 Å². The van der Waals surface area contributed by atoms with Crippen molar-refractivity contribution >= 4 is 11.8 Å². The molecule has 1 heterocycles. The zero-order valence-corrected chi connectivity index (χ0v) is 20.7. The fraction of sp³-hybridized carbons (Fsp3) is 0.214. The molecule has 192 valence electrons. The van der Waals surface area contributed by atoms with Crippen LogP contribution >= 0.6 is 0 Å². The minimum Gasteiger partial charge on any atom is -0.493 e. The van der Waals surface area contributed by atoms with Crippen molar-refractivity contribution in [3.63, 3.8) is 0 Å². The lowest BCUT2D eigenvalue weighted by atomic mass is 9.99. The fourth-order valence-electron chi connectivity index (χ4n) is 4.21. The van der Waals surface area contributed by atoms with Gasteiger partial charge in [-0.3, -0.25) is 5.41 Å². The second-order valence-corrected chi connectivity index (χ2v) is 8.54. The topological polar surface area (TPSA) is 130 Å². The first-order valence-electron chi connectivity index (χ1n) is 11.7. The normalized spacial score (nSPS) is 16.8. The lowest BCUT2D eigenvalue weighted by molar-refractivity contribution is -0.137. The molecule has 2 atom stereocenters. The van der Waals surface area contributed by atoms with Crippen molar-refractivity contribution in [2.45, 2.75) is 25.4 Å². The van der Waals surface area contributed by atoms with Gasteiger partial charge in [-0.25, -0.2) is 4.79 Å². The number of carbonyl (C=O) groups is 1. The van der Waals surface area contributed by atoms with Crippen LogP contribution in [0.3, 0.4) is 0 Å². The molecule has 3 aromatic rings. The van der Waals surface area contributed by atoms with Gasteiger partial charge in [0.15, 0.2) is 11.5 Å². The van der Waals surface area contributed by atoms with E-state index in [9.17, 15) is 9.90 Å². The second kappa shape index (κ2) is 11.5. The summed E-state index contributed by atoms with van der Waals surface area (Å²) in [6.07, 6.45) is 0.492. The van der Waals surface area contributed by atoms with Gasteiger partial charge < -0.3 is 35.3 Å². The molecule has 1 aliphatic heterocycles. The minimum absolute atomic E-state index is 0.0413. The average molecular weight is 503 g/mol. The summed E-state index contributed by atoms with van der Waals surface area (Å²) >= 11 is 0. The number of carbonyl (C=O) groups excluding carboxylic acids is 1. The number of methoxy groups -OCH3 is 2. The van der Waals surface area contributed by atoms with E-state index in [1.54, 1.807) is 31.5 Å².